The summed E-state index contributed by atoms with van der Waals surface area (Å²) < 4.78 is 24.2. The largest absolute Gasteiger partial charge is 0.494 e. The molecule has 0 aliphatic carbocycles. The Hall–Kier alpha value is -1.92. The van der Waals surface area contributed by atoms with Crippen LogP contribution >= 0.6 is 0 Å². The summed E-state index contributed by atoms with van der Waals surface area (Å²) in [6, 6.07) is 4.80. The van der Waals surface area contributed by atoms with Crippen molar-refractivity contribution in [3.05, 3.63) is 35.7 Å². The molecule has 1 amide bonds. The predicted octanol–water partition coefficient (Wildman–Crippen LogP) is 2.46. The first-order valence-corrected chi connectivity index (χ1v) is 8.58. The lowest BCUT2D eigenvalue weighted by Crippen LogP contribution is -2.52. The van der Waals surface area contributed by atoms with Crippen LogP contribution in [0.1, 0.15) is 26.3 Å². The van der Waals surface area contributed by atoms with Crippen LogP contribution in [0.4, 0.5) is 4.39 Å². The lowest BCUT2D eigenvalue weighted by atomic mass is 10.1. The Bertz CT molecular complexity index is 611. The van der Waals surface area contributed by atoms with Gasteiger partial charge in [-0.15, -0.1) is 0 Å². The van der Waals surface area contributed by atoms with E-state index in [4.69, 9.17) is 9.47 Å². The number of nitrogens with one attached hydrogen (secondary N) is 1. The number of amides is 1. The number of carbonyl (C=O) groups excluding carboxylic acids is 1. The number of ether oxygens (including phenoxy) is 2. The molecule has 0 saturated carbocycles. The van der Waals surface area contributed by atoms with Gasteiger partial charge in [0.25, 0.3) is 0 Å². The van der Waals surface area contributed by atoms with Crippen molar-refractivity contribution in [1.29, 1.82) is 0 Å². The van der Waals surface area contributed by atoms with E-state index in [0.717, 1.165) is 13.1 Å². The summed E-state index contributed by atoms with van der Waals surface area (Å²) in [6.45, 7) is 8.49. The maximum absolute atomic E-state index is 13.6. The van der Waals surface area contributed by atoms with Gasteiger partial charge in [-0.25, -0.2) is 4.39 Å². The summed E-state index contributed by atoms with van der Waals surface area (Å²) in [7, 11) is 1.42. The van der Waals surface area contributed by atoms with Crippen LogP contribution < -0.4 is 10.1 Å². The number of benzene rings is 1. The van der Waals surface area contributed by atoms with Crippen LogP contribution in [-0.2, 0) is 9.53 Å². The third kappa shape index (κ3) is 5.83. The maximum atomic E-state index is 13.6. The van der Waals surface area contributed by atoms with E-state index in [1.54, 1.807) is 12.1 Å². The minimum atomic E-state index is -0.450. The minimum absolute atomic E-state index is 0.185. The average molecular weight is 350 g/mol. The molecule has 5 nitrogen and oxygen atoms in total. The Kier molecular flexibility index (Phi) is 6.96. The summed E-state index contributed by atoms with van der Waals surface area (Å²) in [4.78, 5) is 14.3. The van der Waals surface area contributed by atoms with E-state index in [0.29, 0.717) is 12.1 Å². The van der Waals surface area contributed by atoms with Crippen LogP contribution in [0.5, 0.6) is 5.75 Å². The molecule has 6 heteroatoms. The van der Waals surface area contributed by atoms with Gasteiger partial charge in [-0.3, -0.25) is 9.69 Å². The van der Waals surface area contributed by atoms with Crippen LogP contribution in [0.25, 0.3) is 6.08 Å². The molecule has 1 aromatic rings. The van der Waals surface area contributed by atoms with Gasteiger partial charge in [0.05, 0.1) is 19.3 Å². The minimum Gasteiger partial charge on any atom is -0.494 e. The molecular weight excluding hydrogens is 323 g/mol. The highest BCUT2D eigenvalue weighted by Crippen LogP contribution is 2.18. The topological polar surface area (TPSA) is 50.8 Å². The first-order valence-electron chi connectivity index (χ1n) is 8.58. The molecule has 0 spiro atoms. The van der Waals surface area contributed by atoms with Gasteiger partial charge in [0.2, 0.25) is 5.91 Å². The lowest BCUT2D eigenvalue weighted by molar-refractivity contribution is -0.117. The molecule has 0 bridgehead atoms. The van der Waals surface area contributed by atoms with Crippen molar-refractivity contribution in [3.8, 4) is 5.75 Å². The standard InChI is InChI=1S/C19H27FN2O3/c1-13(22-11-14(2)25-15(3)12-22)10-21-19(23)8-6-16-5-7-18(24-4)17(20)9-16/h5-9,13-15H,10-12H2,1-4H3,(H,21,23)/b8-6+. The Morgan fingerprint density at radius 3 is 2.72 bits per heavy atom. The molecule has 138 valence electrons. The summed E-state index contributed by atoms with van der Waals surface area (Å²) in [5.74, 6) is -0.462. The van der Waals surface area contributed by atoms with Crippen LogP contribution in [-0.4, -0.2) is 55.8 Å². The highest BCUT2D eigenvalue weighted by molar-refractivity contribution is 5.91. The van der Waals surface area contributed by atoms with Gasteiger partial charge < -0.3 is 14.8 Å². The Balaban J connectivity index is 1.82. The van der Waals surface area contributed by atoms with Crippen molar-refractivity contribution >= 4 is 12.0 Å². The number of morpholine rings is 1. The molecule has 1 aliphatic rings. The molecule has 1 heterocycles. The summed E-state index contributed by atoms with van der Waals surface area (Å²) in [5, 5.41) is 2.89. The Morgan fingerprint density at radius 1 is 1.44 bits per heavy atom. The van der Waals surface area contributed by atoms with Gasteiger partial charge in [0.1, 0.15) is 0 Å². The quantitative estimate of drug-likeness (QED) is 0.801. The number of hydrogen-bond acceptors (Lipinski definition) is 4. The van der Waals surface area contributed by atoms with Crippen LogP contribution in [0.15, 0.2) is 24.3 Å². The first-order chi connectivity index (χ1) is 11.9. The average Bonchev–Trinajstić information content (AvgIpc) is 2.57. The number of nitrogens with zero attached hydrogens (tertiary/aromatic N) is 1. The number of hydrogen-bond donors (Lipinski definition) is 1. The van der Waals surface area contributed by atoms with Gasteiger partial charge in [-0.1, -0.05) is 6.07 Å². The fourth-order valence-electron chi connectivity index (χ4n) is 2.97. The molecule has 3 atom stereocenters. The van der Waals surface area contributed by atoms with E-state index in [9.17, 15) is 9.18 Å². The number of methoxy groups -OCH3 is 1. The molecule has 2 rings (SSSR count). The van der Waals surface area contributed by atoms with Gasteiger partial charge >= 0.3 is 0 Å². The molecule has 1 fully saturated rings. The number of carbonyl (C=O) groups is 1. The monoisotopic (exact) mass is 350 g/mol. The highest BCUT2D eigenvalue weighted by Gasteiger charge is 2.25. The first kappa shape index (κ1) is 19.4. The van der Waals surface area contributed by atoms with E-state index in [1.165, 1.54) is 25.3 Å². The van der Waals surface area contributed by atoms with E-state index in [-0.39, 0.29) is 29.9 Å². The molecule has 1 saturated heterocycles. The summed E-state index contributed by atoms with van der Waals surface area (Å²) >= 11 is 0. The molecule has 1 N–H and O–H groups in total. The van der Waals surface area contributed by atoms with Crippen molar-refractivity contribution < 1.29 is 18.7 Å². The van der Waals surface area contributed by atoms with Crippen molar-refractivity contribution in [2.24, 2.45) is 0 Å². The molecule has 0 radical (unpaired) electrons. The summed E-state index contributed by atoms with van der Waals surface area (Å²) in [5.41, 5.74) is 0.609. The highest BCUT2D eigenvalue weighted by atomic mass is 19.1. The maximum Gasteiger partial charge on any atom is 0.244 e. The zero-order valence-corrected chi connectivity index (χ0v) is 15.3. The van der Waals surface area contributed by atoms with Crippen molar-refractivity contribution in [1.82, 2.24) is 10.2 Å². The third-order valence-corrected chi connectivity index (χ3v) is 4.25. The van der Waals surface area contributed by atoms with Crippen LogP contribution in [0.2, 0.25) is 0 Å². The summed E-state index contributed by atoms with van der Waals surface area (Å²) in [6.07, 6.45) is 3.40. The normalized spacial score (nSPS) is 22.8. The van der Waals surface area contributed by atoms with E-state index in [1.807, 2.05) is 0 Å². The second-order valence-electron chi connectivity index (χ2n) is 6.53. The number of rotatable bonds is 6. The van der Waals surface area contributed by atoms with Crippen molar-refractivity contribution in [2.75, 3.05) is 26.7 Å². The smallest absolute Gasteiger partial charge is 0.244 e. The SMILES string of the molecule is COc1ccc(/C=C/C(=O)NCC(C)N2CC(C)OC(C)C2)cc1F. The second-order valence-corrected chi connectivity index (χ2v) is 6.53. The Labute approximate surface area is 148 Å². The van der Waals surface area contributed by atoms with Crippen molar-refractivity contribution in [3.63, 3.8) is 0 Å². The fraction of sp³-hybridized carbons (Fsp3) is 0.526. The predicted molar refractivity (Wildman–Crippen MR) is 96.0 cm³/mol. The molecule has 1 aromatic carbocycles. The van der Waals surface area contributed by atoms with Gasteiger partial charge in [0, 0.05) is 31.8 Å². The molecular formula is C19H27FN2O3. The van der Waals surface area contributed by atoms with Gasteiger partial charge in [-0.2, -0.15) is 0 Å². The third-order valence-electron chi connectivity index (χ3n) is 4.25. The molecule has 25 heavy (non-hydrogen) atoms. The fourth-order valence-corrected chi connectivity index (χ4v) is 2.97. The van der Waals surface area contributed by atoms with Gasteiger partial charge in [-0.05, 0) is 44.5 Å². The molecule has 1 aliphatic heterocycles. The van der Waals surface area contributed by atoms with E-state index < -0.39 is 5.82 Å². The molecule has 3 unspecified atom stereocenters. The van der Waals surface area contributed by atoms with E-state index >= 15 is 0 Å². The zero-order chi connectivity index (χ0) is 18.4. The second kappa shape index (κ2) is 8.97. The van der Waals surface area contributed by atoms with Crippen LogP contribution in [0.3, 0.4) is 0 Å². The van der Waals surface area contributed by atoms with Gasteiger partial charge in [0.15, 0.2) is 11.6 Å². The van der Waals surface area contributed by atoms with Crippen molar-refractivity contribution in [2.45, 2.75) is 39.0 Å². The lowest BCUT2D eigenvalue weighted by Gasteiger charge is -2.38. The zero-order valence-electron chi connectivity index (χ0n) is 15.3. The van der Waals surface area contributed by atoms with Crippen LogP contribution in [0, 0.1) is 5.82 Å². The Morgan fingerprint density at radius 2 is 2.12 bits per heavy atom. The van der Waals surface area contributed by atoms with E-state index in [2.05, 4.69) is 31.0 Å². The number of halogens is 1. The molecule has 0 aromatic heterocycles.